The van der Waals surface area contributed by atoms with Crippen molar-refractivity contribution in [2.75, 3.05) is 0 Å². The van der Waals surface area contributed by atoms with Crippen LogP contribution in [0, 0.1) is 0 Å². The van der Waals surface area contributed by atoms with Gasteiger partial charge in [-0.2, -0.15) is 0 Å². The summed E-state index contributed by atoms with van der Waals surface area (Å²) in [6.45, 7) is 4.67. The Bertz CT molecular complexity index is 2800. The minimum absolute atomic E-state index is 0.0513. The number of pyridine rings is 1. The fourth-order valence-corrected chi connectivity index (χ4v) is 8.52. The van der Waals surface area contributed by atoms with Crippen LogP contribution in [-0.4, -0.2) is 10.7 Å². The Kier molecular flexibility index (Phi) is 8.57. The van der Waals surface area contributed by atoms with Gasteiger partial charge in [-0.05, 0) is 114 Å². The van der Waals surface area contributed by atoms with Crippen LogP contribution in [0.3, 0.4) is 0 Å². The molecule has 1 aromatic heterocycles. The summed E-state index contributed by atoms with van der Waals surface area (Å²) in [5.41, 5.74) is 19.9. The summed E-state index contributed by atoms with van der Waals surface area (Å²) in [4.78, 5) is 9.76. The second kappa shape index (κ2) is 14.2. The zero-order chi connectivity index (χ0) is 38.3. The van der Waals surface area contributed by atoms with Gasteiger partial charge in [-0.25, -0.2) is 0 Å². The first kappa shape index (κ1) is 34.4. The Morgan fingerprint density at radius 1 is 0.439 bits per heavy atom. The molecule has 7 aromatic carbocycles. The first-order valence-corrected chi connectivity index (χ1v) is 19.7. The number of aromatic nitrogens is 1. The van der Waals surface area contributed by atoms with E-state index >= 15 is 0 Å². The molecule has 1 aliphatic carbocycles. The van der Waals surface area contributed by atoms with E-state index in [0.29, 0.717) is 0 Å². The zero-order valence-electron chi connectivity index (χ0n) is 32.0. The number of nitrogens with one attached hydrogen (secondary N) is 1. The van der Waals surface area contributed by atoms with Gasteiger partial charge in [0.2, 0.25) is 0 Å². The van der Waals surface area contributed by atoms with E-state index in [4.69, 9.17) is 4.99 Å². The number of allylic oxidation sites excluding steroid dienone is 1. The number of rotatable bonds is 7. The first-order valence-electron chi connectivity index (χ1n) is 19.7. The molecule has 0 fully saturated rings. The lowest BCUT2D eigenvalue weighted by Crippen LogP contribution is -2.24. The van der Waals surface area contributed by atoms with Gasteiger partial charge < -0.3 is 5.32 Å². The summed E-state index contributed by atoms with van der Waals surface area (Å²) in [7, 11) is 0. The van der Waals surface area contributed by atoms with Gasteiger partial charge in [-0.3, -0.25) is 9.98 Å². The lowest BCUT2D eigenvalue weighted by atomic mass is 9.82. The number of benzene rings is 7. The van der Waals surface area contributed by atoms with Crippen LogP contribution >= 0.6 is 0 Å². The highest BCUT2D eigenvalue weighted by Gasteiger charge is 2.35. The van der Waals surface area contributed by atoms with Crippen molar-refractivity contribution in [2.24, 2.45) is 4.99 Å². The first-order chi connectivity index (χ1) is 28.0. The summed E-state index contributed by atoms with van der Waals surface area (Å²) in [5.74, 6) is 0. The minimum Gasteiger partial charge on any atom is -0.360 e. The average molecular weight is 732 g/mol. The number of fused-ring (bicyclic) bond motifs is 3. The van der Waals surface area contributed by atoms with Crippen LogP contribution in [0.4, 0.5) is 0 Å². The predicted octanol–water partition coefficient (Wildman–Crippen LogP) is 13.2. The highest BCUT2D eigenvalue weighted by Crippen LogP contribution is 2.49. The third kappa shape index (κ3) is 6.47. The van der Waals surface area contributed by atoms with Crippen LogP contribution in [0.5, 0.6) is 0 Å². The average Bonchev–Trinajstić information content (AvgIpc) is 3.52. The van der Waals surface area contributed by atoms with Crippen molar-refractivity contribution in [1.29, 1.82) is 0 Å². The molecule has 2 aliphatic rings. The number of aliphatic imine (C=N–C) groups is 1. The maximum absolute atomic E-state index is 5.42. The van der Waals surface area contributed by atoms with E-state index in [1.807, 2.05) is 18.5 Å². The maximum Gasteiger partial charge on any atom is 0.145 e. The van der Waals surface area contributed by atoms with E-state index in [-0.39, 0.29) is 11.6 Å². The molecule has 1 unspecified atom stereocenters. The van der Waals surface area contributed by atoms with E-state index in [9.17, 15) is 0 Å². The van der Waals surface area contributed by atoms with Gasteiger partial charge in [0.15, 0.2) is 0 Å². The largest absolute Gasteiger partial charge is 0.360 e. The van der Waals surface area contributed by atoms with Crippen molar-refractivity contribution < 1.29 is 0 Å². The molecule has 2 heterocycles. The second-order valence-corrected chi connectivity index (χ2v) is 15.5. The van der Waals surface area contributed by atoms with Crippen LogP contribution in [-0.2, 0) is 5.41 Å². The van der Waals surface area contributed by atoms with Gasteiger partial charge in [-0.15, -0.1) is 0 Å². The van der Waals surface area contributed by atoms with E-state index in [1.165, 1.54) is 38.9 Å². The molecule has 0 saturated heterocycles. The summed E-state index contributed by atoms with van der Waals surface area (Å²) >= 11 is 0. The molecule has 3 heteroatoms. The third-order valence-electron chi connectivity index (χ3n) is 11.6. The monoisotopic (exact) mass is 731 g/mol. The fraction of sp³-hybridized carbons (Fsp3) is 0.0741. The van der Waals surface area contributed by atoms with Gasteiger partial charge in [0.05, 0.1) is 5.71 Å². The normalized spacial score (nSPS) is 15.2. The molecule has 0 bridgehead atoms. The van der Waals surface area contributed by atoms with Crippen molar-refractivity contribution in [1.82, 2.24) is 10.3 Å². The van der Waals surface area contributed by atoms with Gasteiger partial charge in [0.25, 0.3) is 0 Å². The Morgan fingerprint density at radius 2 is 0.982 bits per heavy atom. The maximum atomic E-state index is 5.42. The molecule has 0 amide bonds. The third-order valence-corrected chi connectivity index (χ3v) is 11.6. The second-order valence-electron chi connectivity index (χ2n) is 15.5. The van der Waals surface area contributed by atoms with E-state index < -0.39 is 0 Å². The van der Waals surface area contributed by atoms with Crippen LogP contribution in [0.1, 0.15) is 47.8 Å². The Hall–Kier alpha value is -7.10. The van der Waals surface area contributed by atoms with E-state index in [2.05, 4.69) is 206 Å². The van der Waals surface area contributed by atoms with Crippen molar-refractivity contribution in [3.05, 3.63) is 228 Å². The van der Waals surface area contributed by atoms with Crippen LogP contribution in [0.15, 0.2) is 205 Å². The van der Waals surface area contributed by atoms with Crippen molar-refractivity contribution in [3.8, 4) is 55.6 Å². The molecule has 57 heavy (non-hydrogen) atoms. The van der Waals surface area contributed by atoms with Gasteiger partial charge in [0.1, 0.15) is 6.17 Å². The Morgan fingerprint density at radius 3 is 1.70 bits per heavy atom. The van der Waals surface area contributed by atoms with Crippen molar-refractivity contribution >= 4 is 11.4 Å². The molecule has 0 spiro atoms. The Labute approximate surface area is 334 Å². The molecule has 1 N–H and O–H groups in total. The summed E-state index contributed by atoms with van der Waals surface area (Å²) < 4.78 is 0. The van der Waals surface area contributed by atoms with Crippen LogP contribution in [0.25, 0.3) is 61.3 Å². The Balaban J connectivity index is 1.12. The van der Waals surface area contributed by atoms with Gasteiger partial charge in [-0.1, -0.05) is 166 Å². The lowest BCUT2D eigenvalue weighted by Gasteiger charge is -2.25. The van der Waals surface area contributed by atoms with Crippen LogP contribution in [0.2, 0.25) is 0 Å². The summed E-state index contributed by atoms with van der Waals surface area (Å²) in [5, 5.41) is 3.77. The lowest BCUT2D eigenvalue weighted by molar-refractivity contribution is 0.660. The minimum atomic E-state index is -0.250. The molecule has 8 aromatic rings. The highest BCUT2D eigenvalue weighted by atomic mass is 15.1. The number of nitrogens with zero attached hydrogens (tertiary/aromatic N) is 2. The SMILES string of the molecule is CC1(C)c2ccccc2-c2cc(-c3cc(C4=NC(c5ccccc5)NC(c5ccc(-c6ccccc6)cc5)=C4)cc(-c4ccc(-c5cccnc5)cc4)c3)ccc21. The predicted molar refractivity (Wildman–Crippen MR) is 237 cm³/mol. The summed E-state index contributed by atoms with van der Waals surface area (Å²) in [6, 6.07) is 65.6. The molecule has 0 saturated carbocycles. The topological polar surface area (TPSA) is 37.3 Å². The summed E-state index contributed by atoms with van der Waals surface area (Å²) in [6.07, 6.45) is 5.69. The van der Waals surface area contributed by atoms with E-state index in [0.717, 1.165) is 55.9 Å². The molecule has 272 valence electrons. The molecule has 1 aliphatic heterocycles. The highest BCUT2D eigenvalue weighted by molar-refractivity contribution is 6.14. The van der Waals surface area contributed by atoms with Crippen molar-refractivity contribution in [3.63, 3.8) is 0 Å². The molecular formula is C54H41N3. The van der Waals surface area contributed by atoms with Crippen LogP contribution < -0.4 is 5.32 Å². The molecule has 10 rings (SSSR count). The zero-order valence-corrected chi connectivity index (χ0v) is 32.0. The van der Waals surface area contributed by atoms with Gasteiger partial charge in [0, 0.05) is 29.1 Å². The smallest absolute Gasteiger partial charge is 0.145 e. The fourth-order valence-electron chi connectivity index (χ4n) is 8.52. The van der Waals surface area contributed by atoms with Gasteiger partial charge >= 0.3 is 0 Å². The number of hydrogen-bond donors (Lipinski definition) is 1. The van der Waals surface area contributed by atoms with E-state index in [1.54, 1.807) is 0 Å². The molecule has 1 atom stereocenters. The van der Waals surface area contributed by atoms with Crippen molar-refractivity contribution in [2.45, 2.75) is 25.4 Å². The molecular weight excluding hydrogens is 691 g/mol. The standard InChI is InChI=1S/C54H41N3/c1-54(2)49-18-10-9-17-47(49)48-33-42(27-28-50(48)54)45-30-44(39-21-19-38(20-22-39)43-16-11-29-55-35-43)31-46(32-45)52-34-51(56-53(57-52)41-14-7-4-8-15-41)40-25-23-37(24-26-40)36-12-5-3-6-13-36/h3-35,53,56H,1-2H3. The molecule has 0 radical (unpaired) electrons. The quantitative estimate of drug-likeness (QED) is 0.177. The number of hydrogen-bond acceptors (Lipinski definition) is 3. The molecule has 3 nitrogen and oxygen atoms in total.